The van der Waals surface area contributed by atoms with Gasteiger partial charge in [-0.15, -0.1) is 0 Å². The van der Waals surface area contributed by atoms with Crippen LogP contribution in [0.3, 0.4) is 0 Å². The van der Waals surface area contributed by atoms with Crippen molar-refractivity contribution < 1.29 is 0 Å². The minimum absolute atomic E-state index is 0.0824. The minimum Gasteiger partial charge on any atom is -0.384 e. The van der Waals surface area contributed by atoms with Crippen molar-refractivity contribution >= 4 is 5.69 Å². The molecule has 96 valence electrons. The summed E-state index contributed by atoms with van der Waals surface area (Å²) in [7, 11) is 0. The maximum Gasteiger partial charge on any atom is 0.250 e. The van der Waals surface area contributed by atoms with Crippen LogP contribution in [-0.2, 0) is 6.54 Å². The van der Waals surface area contributed by atoms with Crippen LogP contribution < -0.4 is 10.9 Å². The van der Waals surface area contributed by atoms with Gasteiger partial charge in [-0.05, 0) is 24.8 Å². The van der Waals surface area contributed by atoms with Gasteiger partial charge in [0.2, 0.25) is 0 Å². The lowest BCUT2D eigenvalue weighted by molar-refractivity contribution is 0.550. The number of nitrogens with one attached hydrogen (secondary N) is 1. The Morgan fingerprint density at radius 3 is 2.71 bits per heavy atom. The number of hydrogen-bond donors (Lipinski definition) is 1. The van der Waals surface area contributed by atoms with E-state index in [4.69, 9.17) is 0 Å². The molecule has 1 rings (SSSR count). The Bertz CT molecular complexity index is 384. The van der Waals surface area contributed by atoms with E-state index in [1.54, 1.807) is 10.6 Å². The highest BCUT2D eigenvalue weighted by Crippen LogP contribution is 2.08. The smallest absolute Gasteiger partial charge is 0.250 e. The van der Waals surface area contributed by atoms with Crippen molar-refractivity contribution in [3.8, 4) is 0 Å². The quantitative estimate of drug-likeness (QED) is 0.789. The number of aromatic nitrogens is 1. The molecule has 0 saturated heterocycles. The van der Waals surface area contributed by atoms with E-state index in [0.29, 0.717) is 5.92 Å². The predicted molar refractivity (Wildman–Crippen MR) is 73.6 cm³/mol. The Morgan fingerprint density at radius 2 is 2.06 bits per heavy atom. The van der Waals surface area contributed by atoms with Crippen LogP contribution in [0.15, 0.2) is 23.1 Å². The van der Waals surface area contributed by atoms with Gasteiger partial charge in [0, 0.05) is 25.4 Å². The molecule has 0 radical (unpaired) electrons. The number of hydrogen-bond acceptors (Lipinski definition) is 2. The second-order valence-electron chi connectivity index (χ2n) is 4.72. The molecule has 0 saturated carbocycles. The average Bonchev–Trinajstić information content (AvgIpc) is 2.31. The van der Waals surface area contributed by atoms with Gasteiger partial charge in [0.15, 0.2) is 0 Å². The monoisotopic (exact) mass is 236 g/mol. The highest BCUT2D eigenvalue weighted by Gasteiger charge is 2.01. The van der Waals surface area contributed by atoms with Crippen molar-refractivity contribution in [1.29, 1.82) is 0 Å². The first-order chi connectivity index (χ1) is 8.17. The van der Waals surface area contributed by atoms with Crippen LogP contribution >= 0.6 is 0 Å². The summed E-state index contributed by atoms with van der Waals surface area (Å²) in [5, 5.41) is 3.40. The third kappa shape index (κ3) is 4.63. The predicted octanol–water partition coefficient (Wildman–Crippen LogP) is 3.11. The molecule has 17 heavy (non-hydrogen) atoms. The van der Waals surface area contributed by atoms with Crippen LogP contribution in [0.1, 0.15) is 40.0 Å². The van der Waals surface area contributed by atoms with Crippen molar-refractivity contribution in [3.63, 3.8) is 0 Å². The van der Waals surface area contributed by atoms with Gasteiger partial charge in [0.25, 0.3) is 5.56 Å². The highest BCUT2D eigenvalue weighted by atomic mass is 16.1. The zero-order chi connectivity index (χ0) is 12.7. The van der Waals surface area contributed by atoms with Gasteiger partial charge in [-0.1, -0.05) is 27.2 Å². The van der Waals surface area contributed by atoms with Gasteiger partial charge >= 0.3 is 0 Å². The van der Waals surface area contributed by atoms with E-state index in [1.807, 2.05) is 12.3 Å². The second-order valence-corrected chi connectivity index (χ2v) is 4.72. The maximum atomic E-state index is 11.5. The zero-order valence-corrected chi connectivity index (χ0v) is 11.2. The summed E-state index contributed by atoms with van der Waals surface area (Å²) in [5.41, 5.74) is 1.13. The van der Waals surface area contributed by atoms with Gasteiger partial charge in [-0.3, -0.25) is 4.79 Å². The average molecular weight is 236 g/mol. The Morgan fingerprint density at radius 1 is 1.29 bits per heavy atom. The van der Waals surface area contributed by atoms with E-state index in [-0.39, 0.29) is 5.56 Å². The fourth-order valence-electron chi connectivity index (χ4n) is 1.94. The lowest BCUT2D eigenvalue weighted by atomic mass is 10.1. The topological polar surface area (TPSA) is 34.0 Å². The van der Waals surface area contributed by atoms with Crippen molar-refractivity contribution in [2.24, 2.45) is 5.92 Å². The zero-order valence-electron chi connectivity index (χ0n) is 11.2. The summed E-state index contributed by atoms with van der Waals surface area (Å²) in [4.78, 5) is 11.5. The van der Waals surface area contributed by atoms with Crippen molar-refractivity contribution in [1.82, 2.24) is 4.57 Å². The van der Waals surface area contributed by atoms with Crippen LogP contribution in [0, 0.1) is 5.92 Å². The molecule has 3 heteroatoms. The number of aryl methyl sites for hydroxylation is 1. The normalized spacial score (nSPS) is 12.4. The number of nitrogens with zero attached hydrogens (tertiary/aromatic N) is 1. The van der Waals surface area contributed by atoms with E-state index in [1.165, 1.54) is 12.8 Å². The molecule has 1 unspecified atom stereocenters. The molecule has 1 aromatic heterocycles. The van der Waals surface area contributed by atoms with Gasteiger partial charge in [0.05, 0.1) is 5.69 Å². The first kappa shape index (κ1) is 13.8. The molecule has 1 heterocycles. The SMILES string of the molecule is CCCC(C)CNc1ccc(=O)n(CCC)c1. The molecule has 0 amide bonds. The Hall–Kier alpha value is -1.25. The van der Waals surface area contributed by atoms with Crippen LogP contribution in [-0.4, -0.2) is 11.1 Å². The summed E-state index contributed by atoms with van der Waals surface area (Å²) >= 11 is 0. The lowest BCUT2D eigenvalue weighted by Gasteiger charge is -2.13. The number of rotatable bonds is 7. The Kier molecular flexibility index (Phi) is 5.81. The maximum absolute atomic E-state index is 11.5. The number of pyridine rings is 1. The van der Waals surface area contributed by atoms with Crippen molar-refractivity contribution in [3.05, 3.63) is 28.7 Å². The third-order valence-electron chi connectivity index (χ3n) is 2.88. The molecule has 1 aromatic rings. The summed E-state index contributed by atoms with van der Waals surface area (Å²) in [6.07, 6.45) is 5.36. The van der Waals surface area contributed by atoms with Crippen LogP contribution in [0.5, 0.6) is 0 Å². The van der Waals surface area contributed by atoms with E-state index in [2.05, 4.69) is 26.1 Å². The molecule has 0 aliphatic carbocycles. The highest BCUT2D eigenvalue weighted by molar-refractivity contribution is 5.40. The molecule has 0 bridgehead atoms. The first-order valence-electron chi connectivity index (χ1n) is 6.61. The van der Waals surface area contributed by atoms with E-state index < -0.39 is 0 Å². The van der Waals surface area contributed by atoms with Gasteiger partial charge in [-0.2, -0.15) is 0 Å². The second kappa shape index (κ2) is 7.15. The summed E-state index contributed by atoms with van der Waals surface area (Å²) in [6.45, 7) is 8.30. The van der Waals surface area contributed by atoms with Gasteiger partial charge in [0.1, 0.15) is 0 Å². The number of anilines is 1. The molecule has 0 spiro atoms. The van der Waals surface area contributed by atoms with Gasteiger partial charge < -0.3 is 9.88 Å². The summed E-state index contributed by atoms with van der Waals surface area (Å²) < 4.78 is 1.77. The first-order valence-corrected chi connectivity index (χ1v) is 6.61. The lowest BCUT2D eigenvalue weighted by Crippen LogP contribution is -2.20. The van der Waals surface area contributed by atoms with Crippen LogP contribution in [0.25, 0.3) is 0 Å². The molecule has 0 fully saturated rings. The minimum atomic E-state index is 0.0824. The molecular weight excluding hydrogens is 212 g/mol. The molecule has 0 aliphatic heterocycles. The Balaban J connectivity index is 2.59. The summed E-state index contributed by atoms with van der Waals surface area (Å²) in [6, 6.07) is 3.51. The van der Waals surface area contributed by atoms with E-state index >= 15 is 0 Å². The molecule has 0 aromatic carbocycles. The largest absolute Gasteiger partial charge is 0.384 e. The van der Waals surface area contributed by atoms with E-state index in [0.717, 1.165) is 25.2 Å². The standard InChI is InChI=1S/C14H24N2O/c1-4-6-12(3)10-15-13-7-8-14(17)16(11-13)9-5-2/h7-8,11-12,15H,4-6,9-10H2,1-3H3. The molecule has 1 N–H and O–H groups in total. The van der Waals surface area contributed by atoms with Crippen LogP contribution in [0.4, 0.5) is 5.69 Å². The molecule has 0 aliphatic rings. The van der Waals surface area contributed by atoms with E-state index in [9.17, 15) is 4.79 Å². The molecule has 1 atom stereocenters. The van der Waals surface area contributed by atoms with Crippen LogP contribution in [0.2, 0.25) is 0 Å². The fraction of sp³-hybridized carbons (Fsp3) is 0.643. The van der Waals surface area contributed by atoms with Crippen molar-refractivity contribution in [2.75, 3.05) is 11.9 Å². The van der Waals surface area contributed by atoms with Crippen molar-refractivity contribution in [2.45, 2.75) is 46.6 Å². The molecule has 3 nitrogen and oxygen atoms in total. The third-order valence-corrected chi connectivity index (χ3v) is 2.88. The van der Waals surface area contributed by atoms with Gasteiger partial charge in [-0.25, -0.2) is 0 Å². The molecular formula is C14H24N2O. The summed E-state index contributed by atoms with van der Waals surface area (Å²) in [5.74, 6) is 0.673. The Labute approximate surface area is 104 Å². The fourth-order valence-corrected chi connectivity index (χ4v) is 1.94.